The monoisotopic (exact) mass is 512 g/mol. The van der Waals surface area contributed by atoms with E-state index in [0.717, 1.165) is 28.2 Å². The smallest absolute Gasteiger partial charge is 0.162 e. The lowest BCUT2D eigenvalue weighted by Crippen LogP contribution is -2.33. The molecule has 0 amide bonds. The first-order chi connectivity index (χ1) is 16.0. The summed E-state index contributed by atoms with van der Waals surface area (Å²) < 4.78 is 25.4. The molecule has 4 rings (SSSR count). The minimum atomic E-state index is -0.419. The molecule has 2 N–H and O–H groups in total. The number of para-hydroxylation sites is 1. The molecule has 0 fully saturated rings. The van der Waals surface area contributed by atoms with Gasteiger partial charge in [-0.3, -0.25) is 10.3 Å². The maximum absolute atomic E-state index is 13.9. The molecule has 5 nitrogen and oxygen atoms in total. The van der Waals surface area contributed by atoms with E-state index < -0.39 is 6.17 Å². The third-order valence-electron chi connectivity index (χ3n) is 5.50. The van der Waals surface area contributed by atoms with Gasteiger partial charge in [-0.25, -0.2) is 4.39 Å². The predicted molar refractivity (Wildman–Crippen MR) is 131 cm³/mol. The van der Waals surface area contributed by atoms with Crippen molar-refractivity contribution in [2.75, 3.05) is 13.2 Å². The van der Waals surface area contributed by atoms with Crippen LogP contribution in [0.3, 0.4) is 0 Å². The number of phenols is 1. The zero-order chi connectivity index (χ0) is 23.4. The Balaban J connectivity index is 1.74. The first-order valence-electron chi connectivity index (χ1n) is 11.0. The van der Waals surface area contributed by atoms with E-state index in [1.165, 1.54) is 6.07 Å². The molecule has 0 aliphatic carbocycles. The SMILES string of the molecule is CCOc1ccc(C2=N[C@@H](c3ccc(F)c(Br)c3)N[C@H](c3cccc(OCC)c3O)C2)cc1. The lowest BCUT2D eigenvalue weighted by Gasteiger charge is -2.31. The van der Waals surface area contributed by atoms with Gasteiger partial charge in [-0.1, -0.05) is 18.2 Å². The highest BCUT2D eigenvalue weighted by molar-refractivity contribution is 9.10. The van der Waals surface area contributed by atoms with Crippen molar-refractivity contribution >= 4 is 21.6 Å². The Bertz CT molecular complexity index is 1150. The number of nitrogens with one attached hydrogen (secondary N) is 1. The molecular weight excluding hydrogens is 487 g/mol. The molecule has 0 saturated carbocycles. The fraction of sp³-hybridized carbons (Fsp3) is 0.269. The van der Waals surface area contributed by atoms with E-state index in [1.807, 2.05) is 50.2 Å². The van der Waals surface area contributed by atoms with Crippen molar-refractivity contribution in [2.45, 2.75) is 32.5 Å². The molecular formula is C26H26BrFN2O3. The zero-order valence-corrected chi connectivity index (χ0v) is 20.1. The van der Waals surface area contributed by atoms with Crippen LogP contribution in [0.5, 0.6) is 17.2 Å². The van der Waals surface area contributed by atoms with Gasteiger partial charge >= 0.3 is 0 Å². The molecule has 1 aliphatic heterocycles. The number of hydrogen-bond donors (Lipinski definition) is 2. The molecule has 0 saturated heterocycles. The first-order valence-corrected chi connectivity index (χ1v) is 11.7. The van der Waals surface area contributed by atoms with Crippen LogP contribution in [0.1, 0.15) is 49.2 Å². The summed E-state index contributed by atoms with van der Waals surface area (Å²) in [6, 6.07) is 18.0. The van der Waals surface area contributed by atoms with Gasteiger partial charge in [0.25, 0.3) is 0 Å². The average molecular weight is 513 g/mol. The number of benzene rings is 3. The van der Waals surface area contributed by atoms with E-state index in [9.17, 15) is 9.50 Å². The van der Waals surface area contributed by atoms with Crippen LogP contribution in [0.15, 0.2) is 70.1 Å². The second kappa shape index (κ2) is 10.4. The van der Waals surface area contributed by atoms with E-state index in [0.29, 0.717) is 29.9 Å². The number of rotatable bonds is 7. The summed E-state index contributed by atoms with van der Waals surface area (Å²) in [6.45, 7) is 4.89. The van der Waals surface area contributed by atoms with Gasteiger partial charge in [-0.2, -0.15) is 0 Å². The predicted octanol–water partition coefficient (Wildman–Crippen LogP) is 6.31. The van der Waals surface area contributed by atoms with Crippen LogP contribution in [0, 0.1) is 5.82 Å². The van der Waals surface area contributed by atoms with Gasteiger partial charge in [0, 0.05) is 23.7 Å². The van der Waals surface area contributed by atoms with Crippen LogP contribution in [0.4, 0.5) is 4.39 Å². The van der Waals surface area contributed by atoms with E-state index in [4.69, 9.17) is 14.5 Å². The Morgan fingerprint density at radius 1 is 1.06 bits per heavy atom. The van der Waals surface area contributed by atoms with Gasteiger partial charge in [-0.15, -0.1) is 0 Å². The molecule has 172 valence electrons. The number of phenolic OH excluding ortho intramolecular Hbond substituents is 1. The third kappa shape index (κ3) is 5.20. The van der Waals surface area contributed by atoms with Gasteiger partial charge in [0.15, 0.2) is 11.5 Å². The van der Waals surface area contributed by atoms with Gasteiger partial charge in [0.05, 0.1) is 17.7 Å². The van der Waals surface area contributed by atoms with Gasteiger partial charge in [-0.05, 0) is 83.4 Å². The van der Waals surface area contributed by atoms with Crippen molar-refractivity contribution in [1.29, 1.82) is 0 Å². The van der Waals surface area contributed by atoms with Crippen molar-refractivity contribution in [1.82, 2.24) is 5.32 Å². The first kappa shape index (κ1) is 23.3. The Morgan fingerprint density at radius 2 is 1.82 bits per heavy atom. The quantitative estimate of drug-likeness (QED) is 0.389. The summed E-state index contributed by atoms with van der Waals surface area (Å²) in [6.07, 6.45) is 0.146. The summed E-state index contributed by atoms with van der Waals surface area (Å²) in [5.41, 5.74) is 3.40. The van der Waals surface area contributed by atoms with E-state index >= 15 is 0 Å². The normalized spacial score (nSPS) is 18.0. The van der Waals surface area contributed by atoms with Crippen LogP contribution in [-0.4, -0.2) is 24.0 Å². The van der Waals surface area contributed by atoms with Gasteiger partial charge in [0.1, 0.15) is 17.7 Å². The van der Waals surface area contributed by atoms with Crippen molar-refractivity contribution in [3.05, 3.63) is 87.6 Å². The standard InChI is InChI=1S/C26H26BrFN2O3/c1-3-32-18-11-8-16(9-12-18)22-15-23(19-6-5-7-24(25(19)31)33-4-2)30-26(29-22)17-10-13-21(28)20(27)14-17/h5-14,23,26,30-31H,3-4,15H2,1-2H3/t23-,26+/m0/s1. The van der Waals surface area contributed by atoms with Crippen LogP contribution in [0.25, 0.3) is 0 Å². The number of hydrogen-bond acceptors (Lipinski definition) is 5. The number of ether oxygens (including phenoxy) is 2. The zero-order valence-electron chi connectivity index (χ0n) is 18.5. The topological polar surface area (TPSA) is 63.1 Å². The molecule has 1 heterocycles. The van der Waals surface area contributed by atoms with Crippen LogP contribution >= 0.6 is 15.9 Å². The van der Waals surface area contributed by atoms with Crippen molar-refractivity contribution in [2.24, 2.45) is 4.99 Å². The molecule has 3 aromatic carbocycles. The highest BCUT2D eigenvalue weighted by Crippen LogP contribution is 2.39. The van der Waals surface area contributed by atoms with Crippen LogP contribution in [0.2, 0.25) is 0 Å². The van der Waals surface area contributed by atoms with Crippen LogP contribution in [-0.2, 0) is 0 Å². The molecule has 0 spiro atoms. The highest BCUT2D eigenvalue weighted by atomic mass is 79.9. The summed E-state index contributed by atoms with van der Waals surface area (Å²) in [4.78, 5) is 4.94. The maximum atomic E-state index is 13.9. The van der Waals surface area contributed by atoms with E-state index in [2.05, 4.69) is 21.2 Å². The Morgan fingerprint density at radius 3 is 2.52 bits per heavy atom. The summed E-state index contributed by atoms with van der Waals surface area (Å²) in [5.74, 6) is 1.03. The Hall–Kier alpha value is -2.90. The fourth-order valence-corrected chi connectivity index (χ4v) is 4.33. The summed E-state index contributed by atoms with van der Waals surface area (Å²) in [5, 5.41) is 14.4. The van der Waals surface area contributed by atoms with Crippen molar-refractivity contribution < 1.29 is 19.0 Å². The van der Waals surface area contributed by atoms with E-state index in [-0.39, 0.29) is 17.6 Å². The Kier molecular flexibility index (Phi) is 7.30. The van der Waals surface area contributed by atoms with Gasteiger partial charge < -0.3 is 14.6 Å². The average Bonchev–Trinajstić information content (AvgIpc) is 2.83. The number of aliphatic imine (C=N–C) groups is 1. The molecule has 0 bridgehead atoms. The lowest BCUT2D eigenvalue weighted by molar-refractivity contribution is 0.313. The number of aromatic hydroxyl groups is 1. The second-order valence-electron chi connectivity index (χ2n) is 7.66. The molecule has 3 aromatic rings. The molecule has 0 unspecified atom stereocenters. The molecule has 0 radical (unpaired) electrons. The second-order valence-corrected chi connectivity index (χ2v) is 8.51. The van der Waals surface area contributed by atoms with Crippen LogP contribution < -0.4 is 14.8 Å². The minimum absolute atomic E-state index is 0.115. The van der Waals surface area contributed by atoms with E-state index in [1.54, 1.807) is 18.2 Å². The fourth-order valence-electron chi connectivity index (χ4n) is 3.94. The lowest BCUT2D eigenvalue weighted by atomic mass is 9.93. The summed E-state index contributed by atoms with van der Waals surface area (Å²) >= 11 is 3.27. The molecule has 2 atom stereocenters. The summed E-state index contributed by atoms with van der Waals surface area (Å²) in [7, 11) is 0. The Labute approximate surface area is 201 Å². The largest absolute Gasteiger partial charge is 0.504 e. The molecule has 0 aromatic heterocycles. The van der Waals surface area contributed by atoms with Gasteiger partial charge in [0.2, 0.25) is 0 Å². The van der Waals surface area contributed by atoms with Crippen molar-refractivity contribution in [3.63, 3.8) is 0 Å². The molecule has 33 heavy (non-hydrogen) atoms. The van der Waals surface area contributed by atoms with Crippen molar-refractivity contribution in [3.8, 4) is 17.2 Å². The molecule has 1 aliphatic rings. The third-order valence-corrected chi connectivity index (χ3v) is 6.11. The number of nitrogens with zero attached hydrogens (tertiary/aromatic N) is 1. The molecule has 7 heteroatoms. The highest BCUT2D eigenvalue weighted by Gasteiger charge is 2.29. The number of halogens is 2. The maximum Gasteiger partial charge on any atom is 0.162 e. The minimum Gasteiger partial charge on any atom is -0.504 e.